The van der Waals surface area contributed by atoms with Gasteiger partial charge in [-0.15, -0.1) is 0 Å². The number of ether oxygens (including phenoxy) is 1. The van der Waals surface area contributed by atoms with E-state index in [4.69, 9.17) is 39.5 Å². The number of hydrogen-bond donors (Lipinski definition) is 0. The van der Waals surface area contributed by atoms with Gasteiger partial charge in [0, 0.05) is 21.1 Å². The van der Waals surface area contributed by atoms with Crippen LogP contribution in [0.25, 0.3) is 0 Å². The Balaban J connectivity index is 2.20. The van der Waals surface area contributed by atoms with Crippen LogP contribution in [0.2, 0.25) is 15.1 Å². The van der Waals surface area contributed by atoms with Crippen LogP contribution < -0.4 is 4.74 Å². The van der Waals surface area contributed by atoms with E-state index >= 15 is 0 Å². The van der Waals surface area contributed by atoms with Crippen molar-refractivity contribution < 1.29 is 9.53 Å². The first kappa shape index (κ1) is 16.6. The van der Waals surface area contributed by atoms with E-state index in [1.165, 1.54) is 0 Å². The topological polar surface area (TPSA) is 26.3 Å². The van der Waals surface area contributed by atoms with Gasteiger partial charge >= 0.3 is 0 Å². The van der Waals surface area contributed by atoms with Gasteiger partial charge in [0.15, 0.2) is 6.10 Å². The molecule has 0 radical (unpaired) electrons. The van der Waals surface area contributed by atoms with Gasteiger partial charge in [-0.25, -0.2) is 0 Å². The summed E-state index contributed by atoms with van der Waals surface area (Å²) >= 11 is 21.2. The highest BCUT2D eigenvalue weighted by atomic mass is 79.9. The van der Waals surface area contributed by atoms with Crippen molar-refractivity contribution in [1.29, 1.82) is 0 Å². The first-order valence-electron chi connectivity index (χ1n) is 5.99. The lowest BCUT2D eigenvalue weighted by molar-refractivity contribution is 0.0818. The standard InChI is InChI=1S/C15H10BrCl3O2/c1-8(15(20)9-3-2-4-10(17)5-9)21-14-7-12(18)11(16)6-13(14)19/h2-8H,1H3. The number of benzene rings is 2. The molecule has 0 aliphatic heterocycles. The van der Waals surface area contributed by atoms with Crippen LogP contribution in [0.3, 0.4) is 0 Å². The number of ketones is 1. The first-order valence-corrected chi connectivity index (χ1v) is 7.92. The number of carbonyl (C=O) groups is 1. The zero-order valence-corrected chi connectivity index (χ0v) is 14.7. The molecule has 0 aliphatic rings. The third-order valence-corrected chi connectivity index (χ3v) is 4.48. The molecule has 21 heavy (non-hydrogen) atoms. The summed E-state index contributed by atoms with van der Waals surface area (Å²) < 4.78 is 6.27. The molecule has 2 nitrogen and oxygen atoms in total. The van der Waals surface area contributed by atoms with Crippen LogP contribution in [-0.2, 0) is 0 Å². The van der Waals surface area contributed by atoms with Crippen LogP contribution in [0.15, 0.2) is 40.9 Å². The van der Waals surface area contributed by atoms with Gasteiger partial charge in [-0.2, -0.15) is 0 Å². The predicted octanol–water partition coefficient (Wildman–Crippen LogP) is 6.06. The van der Waals surface area contributed by atoms with E-state index in [2.05, 4.69) is 15.9 Å². The summed E-state index contributed by atoms with van der Waals surface area (Å²) in [4.78, 5) is 12.3. The van der Waals surface area contributed by atoms with E-state index in [1.807, 2.05) is 0 Å². The molecule has 2 aromatic carbocycles. The Morgan fingerprint density at radius 3 is 2.52 bits per heavy atom. The quantitative estimate of drug-likeness (QED) is 0.454. The maximum atomic E-state index is 12.3. The molecule has 0 spiro atoms. The average molecular weight is 409 g/mol. The molecule has 0 saturated heterocycles. The summed E-state index contributed by atoms with van der Waals surface area (Å²) in [6.45, 7) is 1.65. The third-order valence-electron chi connectivity index (χ3n) is 2.76. The van der Waals surface area contributed by atoms with Gasteiger partial charge in [0.1, 0.15) is 5.75 Å². The van der Waals surface area contributed by atoms with E-state index in [1.54, 1.807) is 43.3 Å². The Bertz CT molecular complexity index is 689. The lowest BCUT2D eigenvalue weighted by Crippen LogP contribution is -2.24. The fourth-order valence-corrected chi connectivity index (χ4v) is 2.74. The maximum Gasteiger partial charge on any atom is 0.203 e. The second-order valence-corrected chi connectivity index (χ2v) is 6.44. The normalized spacial score (nSPS) is 12.0. The van der Waals surface area contributed by atoms with Crippen LogP contribution in [0.5, 0.6) is 5.75 Å². The van der Waals surface area contributed by atoms with Crippen molar-refractivity contribution in [3.05, 3.63) is 61.5 Å². The Hall–Kier alpha value is -0.740. The summed E-state index contributed by atoms with van der Waals surface area (Å²) in [6.07, 6.45) is -0.710. The van der Waals surface area contributed by atoms with Gasteiger partial charge in [-0.05, 0) is 41.1 Å². The molecule has 1 atom stereocenters. The Kier molecular flexibility index (Phi) is 5.55. The number of Topliss-reactive ketones (excluding diaryl/α,β-unsaturated/α-hetero) is 1. The van der Waals surface area contributed by atoms with Crippen LogP contribution in [0.1, 0.15) is 17.3 Å². The number of hydrogen-bond acceptors (Lipinski definition) is 2. The fraction of sp³-hybridized carbons (Fsp3) is 0.133. The molecule has 0 heterocycles. The third kappa shape index (κ3) is 4.13. The molecule has 0 saturated carbocycles. The molecule has 1 unspecified atom stereocenters. The molecule has 0 bridgehead atoms. The van der Waals surface area contributed by atoms with E-state index in [9.17, 15) is 4.79 Å². The highest BCUT2D eigenvalue weighted by Crippen LogP contribution is 2.34. The molecular weight excluding hydrogens is 398 g/mol. The van der Waals surface area contributed by atoms with E-state index in [0.29, 0.717) is 30.9 Å². The van der Waals surface area contributed by atoms with Crippen molar-refractivity contribution >= 4 is 56.5 Å². The monoisotopic (exact) mass is 406 g/mol. The van der Waals surface area contributed by atoms with Gasteiger partial charge in [0.05, 0.1) is 10.0 Å². The van der Waals surface area contributed by atoms with E-state index < -0.39 is 6.10 Å². The van der Waals surface area contributed by atoms with E-state index in [-0.39, 0.29) is 5.78 Å². The largest absolute Gasteiger partial charge is 0.481 e. The van der Waals surface area contributed by atoms with Gasteiger partial charge in [0.25, 0.3) is 0 Å². The van der Waals surface area contributed by atoms with E-state index in [0.717, 1.165) is 0 Å². The number of carbonyl (C=O) groups excluding carboxylic acids is 1. The minimum Gasteiger partial charge on any atom is -0.481 e. The molecule has 0 aliphatic carbocycles. The lowest BCUT2D eigenvalue weighted by Gasteiger charge is -2.15. The highest BCUT2D eigenvalue weighted by Gasteiger charge is 2.19. The molecule has 110 valence electrons. The van der Waals surface area contributed by atoms with Gasteiger partial charge in [-0.1, -0.05) is 46.9 Å². The summed E-state index contributed by atoms with van der Waals surface area (Å²) in [5.41, 5.74) is 0.481. The second-order valence-electron chi connectivity index (χ2n) is 4.33. The molecule has 0 aromatic heterocycles. The zero-order chi connectivity index (χ0) is 15.6. The van der Waals surface area contributed by atoms with Crippen molar-refractivity contribution in [2.24, 2.45) is 0 Å². The van der Waals surface area contributed by atoms with Crippen molar-refractivity contribution in [2.45, 2.75) is 13.0 Å². The van der Waals surface area contributed by atoms with Crippen molar-refractivity contribution in [3.8, 4) is 5.75 Å². The Labute approximate surface area is 146 Å². The molecular formula is C15H10BrCl3O2. The van der Waals surface area contributed by atoms with Crippen LogP contribution in [-0.4, -0.2) is 11.9 Å². The molecule has 2 rings (SSSR count). The highest BCUT2D eigenvalue weighted by molar-refractivity contribution is 9.10. The minimum atomic E-state index is -0.710. The van der Waals surface area contributed by atoms with Crippen molar-refractivity contribution in [2.75, 3.05) is 0 Å². The Morgan fingerprint density at radius 1 is 1.14 bits per heavy atom. The van der Waals surface area contributed by atoms with Crippen molar-refractivity contribution in [1.82, 2.24) is 0 Å². The summed E-state index contributed by atoms with van der Waals surface area (Å²) in [5.74, 6) is 0.167. The molecule has 0 fully saturated rings. The molecule has 0 N–H and O–H groups in total. The minimum absolute atomic E-state index is 0.187. The van der Waals surface area contributed by atoms with Gasteiger partial charge in [0.2, 0.25) is 5.78 Å². The average Bonchev–Trinajstić information content (AvgIpc) is 2.43. The van der Waals surface area contributed by atoms with Crippen LogP contribution in [0, 0.1) is 0 Å². The molecule has 2 aromatic rings. The van der Waals surface area contributed by atoms with Gasteiger partial charge in [-0.3, -0.25) is 4.79 Å². The summed E-state index contributed by atoms with van der Waals surface area (Å²) in [7, 11) is 0. The smallest absolute Gasteiger partial charge is 0.203 e. The predicted molar refractivity (Wildman–Crippen MR) is 90.0 cm³/mol. The number of halogens is 4. The van der Waals surface area contributed by atoms with Gasteiger partial charge < -0.3 is 4.74 Å². The fourth-order valence-electron chi connectivity index (χ4n) is 1.72. The van der Waals surface area contributed by atoms with Crippen LogP contribution in [0.4, 0.5) is 0 Å². The first-order chi connectivity index (χ1) is 9.88. The van der Waals surface area contributed by atoms with Crippen molar-refractivity contribution in [3.63, 3.8) is 0 Å². The Morgan fingerprint density at radius 2 is 1.86 bits per heavy atom. The zero-order valence-electron chi connectivity index (χ0n) is 10.9. The second kappa shape index (κ2) is 7.01. The van der Waals surface area contributed by atoms with Crippen LogP contribution >= 0.6 is 50.7 Å². The summed E-state index contributed by atoms with van der Waals surface area (Å²) in [6, 6.07) is 9.89. The maximum absolute atomic E-state index is 12.3. The lowest BCUT2D eigenvalue weighted by atomic mass is 10.1. The summed E-state index contributed by atoms with van der Waals surface area (Å²) in [5, 5.41) is 1.33. The molecule has 0 amide bonds. The molecule has 6 heteroatoms. The SMILES string of the molecule is CC(Oc1cc(Cl)c(Br)cc1Cl)C(=O)c1cccc(Cl)c1. The number of rotatable bonds is 4.